The lowest BCUT2D eigenvalue weighted by molar-refractivity contribution is -0.140. The molecular formula is C14H21N3O4. The van der Waals surface area contributed by atoms with E-state index in [0.29, 0.717) is 5.69 Å². The highest BCUT2D eigenvalue weighted by molar-refractivity contribution is 5.96. The second kappa shape index (κ2) is 6.15. The second-order valence-electron chi connectivity index (χ2n) is 5.51. The van der Waals surface area contributed by atoms with Gasteiger partial charge in [0.1, 0.15) is 5.56 Å². The Hall–Kier alpha value is -2.05. The Morgan fingerprint density at radius 2 is 2.00 bits per heavy atom. The van der Waals surface area contributed by atoms with E-state index in [4.69, 9.17) is 15.0 Å². The summed E-state index contributed by atoms with van der Waals surface area (Å²) >= 11 is 0. The van der Waals surface area contributed by atoms with Gasteiger partial charge in [-0.2, -0.15) is 0 Å². The zero-order valence-electron chi connectivity index (χ0n) is 12.6. The van der Waals surface area contributed by atoms with Crippen molar-refractivity contribution < 1.29 is 18.8 Å². The fourth-order valence-electron chi connectivity index (χ4n) is 2.82. The molecule has 0 spiro atoms. The van der Waals surface area contributed by atoms with Crippen molar-refractivity contribution in [1.29, 1.82) is 0 Å². The fraction of sp³-hybridized carbons (Fsp3) is 0.643. The van der Waals surface area contributed by atoms with Gasteiger partial charge in [-0.25, -0.2) is 4.79 Å². The number of piperidine rings is 1. The molecule has 7 heteroatoms. The standard InChI is InChI=1S/C14H21N3O4/c1-8-5-4-6-9(2)17(8)11(18)7-20-14(19)12-10(3)16-21-13(12)15/h8-9H,4-7,15H2,1-3H3/t8-,9-/m1/s1. The van der Waals surface area contributed by atoms with Crippen LogP contribution in [0.5, 0.6) is 0 Å². The highest BCUT2D eigenvalue weighted by atomic mass is 16.5. The van der Waals surface area contributed by atoms with Crippen molar-refractivity contribution in [2.24, 2.45) is 0 Å². The summed E-state index contributed by atoms with van der Waals surface area (Å²) in [6.07, 6.45) is 3.06. The predicted molar refractivity (Wildman–Crippen MR) is 75.6 cm³/mol. The molecule has 1 saturated heterocycles. The molecule has 0 saturated carbocycles. The number of esters is 1. The van der Waals surface area contributed by atoms with E-state index in [9.17, 15) is 9.59 Å². The number of hydrogen-bond donors (Lipinski definition) is 1. The number of likely N-dealkylation sites (tertiary alicyclic amines) is 1. The quantitative estimate of drug-likeness (QED) is 0.849. The summed E-state index contributed by atoms with van der Waals surface area (Å²) in [6.45, 7) is 5.32. The van der Waals surface area contributed by atoms with Crippen molar-refractivity contribution in [3.63, 3.8) is 0 Å². The van der Waals surface area contributed by atoms with Crippen LogP contribution in [-0.4, -0.2) is 40.6 Å². The molecule has 0 unspecified atom stereocenters. The van der Waals surface area contributed by atoms with Gasteiger partial charge in [-0.3, -0.25) is 4.79 Å². The van der Waals surface area contributed by atoms with E-state index in [2.05, 4.69) is 5.16 Å². The summed E-state index contributed by atoms with van der Waals surface area (Å²) in [5.74, 6) is -0.961. The molecule has 0 radical (unpaired) electrons. The Bertz CT molecular complexity index is 511. The van der Waals surface area contributed by atoms with E-state index in [-0.39, 0.29) is 36.0 Å². The number of rotatable bonds is 3. The van der Waals surface area contributed by atoms with Gasteiger partial charge < -0.3 is 19.9 Å². The Labute approximate surface area is 123 Å². The molecule has 1 aromatic heterocycles. The molecule has 1 aromatic rings. The van der Waals surface area contributed by atoms with Crippen LogP contribution >= 0.6 is 0 Å². The molecule has 116 valence electrons. The molecular weight excluding hydrogens is 274 g/mol. The summed E-state index contributed by atoms with van der Waals surface area (Å²) in [5, 5.41) is 3.58. The summed E-state index contributed by atoms with van der Waals surface area (Å²) < 4.78 is 9.75. The van der Waals surface area contributed by atoms with Crippen LogP contribution in [0.3, 0.4) is 0 Å². The van der Waals surface area contributed by atoms with E-state index in [1.807, 2.05) is 13.8 Å². The van der Waals surface area contributed by atoms with Crippen LogP contribution in [0.25, 0.3) is 0 Å². The summed E-state index contributed by atoms with van der Waals surface area (Å²) in [7, 11) is 0. The maximum atomic E-state index is 12.2. The monoisotopic (exact) mass is 295 g/mol. The Balaban J connectivity index is 1.96. The molecule has 7 nitrogen and oxygen atoms in total. The molecule has 2 N–H and O–H groups in total. The van der Waals surface area contributed by atoms with E-state index in [1.54, 1.807) is 11.8 Å². The molecule has 0 aromatic carbocycles. The number of ether oxygens (including phenoxy) is 1. The molecule has 2 heterocycles. The summed E-state index contributed by atoms with van der Waals surface area (Å²) in [4.78, 5) is 26.0. The van der Waals surface area contributed by atoms with Crippen LogP contribution in [0.15, 0.2) is 4.52 Å². The first-order valence-electron chi connectivity index (χ1n) is 7.11. The van der Waals surface area contributed by atoms with Crippen molar-refractivity contribution in [3.05, 3.63) is 11.3 Å². The van der Waals surface area contributed by atoms with Crippen LogP contribution in [0.2, 0.25) is 0 Å². The number of aryl methyl sites for hydroxylation is 1. The molecule has 0 bridgehead atoms. The summed E-state index contributed by atoms with van der Waals surface area (Å²) in [6, 6.07) is 0.338. The number of carbonyl (C=O) groups is 2. The second-order valence-corrected chi connectivity index (χ2v) is 5.51. The molecule has 0 aliphatic carbocycles. The first-order chi connectivity index (χ1) is 9.91. The normalized spacial score (nSPS) is 22.1. The zero-order valence-corrected chi connectivity index (χ0v) is 12.6. The van der Waals surface area contributed by atoms with Gasteiger partial charge in [-0.1, -0.05) is 5.16 Å². The minimum absolute atomic E-state index is 0.0857. The van der Waals surface area contributed by atoms with Gasteiger partial charge in [0.25, 0.3) is 5.91 Å². The number of hydrogen-bond acceptors (Lipinski definition) is 6. The van der Waals surface area contributed by atoms with Crippen molar-refractivity contribution in [2.45, 2.75) is 52.1 Å². The average Bonchev–Trinajstić information content (AvgIpc) is 2.75. The van der Waals surface area contributed by atoms with E-state index in [0.717, 1.165) is 19.3 Å². The highest BCUT2D eigenvalue weighted by Gasteiger charge is 2.30. The first-order valence-corrected chi connectivity index (χ1v) is 7.11. The largest absolute Gasteiger partial charge is 0.452 e. The average molecular weight is 295 g/mol. The third-order valence-corrected chi connectivity index (χ3v) is 3.90. The van der Waals surface area contributed by atoms with Gasteiger partial charge in [0.05, 0.1) is 5.69 Å². The van der Waals surface area contributed by atoms with Crippen LogP contribution in [-0.2, 0) is 9.53 Å². The number of nitrogens with two attached hydrogens (primary N) is 1. The van der Waals surface area contributed by atoms with Crippen molar-refractivity contribution in [3.8, 4) is 0 Å². The lowest BCUT2D eigenvalue weighted by Crippen LogP contribution is -2.49. The number of nitrogens with zero attached hydrogens (tertiary/aromatic N) is 2. The Kier molecular flexibility index (Phi) is 4.50. The molecule has 1 aliphatic heterocycles. The number of anilines is 1. The fourth-order valence-corrected chi connectivity index (χ4v) is 2.82. The van der Waals surface area contributed by atoms with Gasteiger partial charge >= 0.3 is 5.97 Å². The SMILES string of the molecule is Cc1noc(N)c1C(=O)OCC(=O)N1[C@H](C)CCC[C@H]1C. The molecule has 21 heavy (non-hydrogen) atoms. The third kappa shape index (κ3) is 3.17. The third-order valence-electron chi connectivity index (χ3n) is 3.90. The van der Waals surface area contributed by atoms with Gasteiger partial charge in [0.15, 0.2) is 6.61 Å². The van der Waals surface area contributed by atoms with Crippen LogP contribution < -0.4 is 5.73 Å². The molecule has 1 aliphatic rings. The van der Waals surface area contributed by atoms with Crippen LogP contribution in [0.4, 0.5) is 5.88 Å². The molecule has 1 amide bonds. The van der Waals surface area contributed by atoms with Gasteiger partial charge in [0, 0.05) is 12.1 Å². The molecule has 2 atom stereocenters. The first kappa shape index (κ1) is 15.3. The van der Waals surface area contributed by atoms with Crippen molar-refractivity contribution in [2.75, 3.05) is 12.3 Å². The lowest BCUT2D eigenvalue weighted by atomic mass is 9.97. The minimum atomic E-state index is -0.683. The number of carbonyl (C=O) groups excluding carboxylic acids is 2. The van der Waals surface area contributed by atoms with E-state index >= 15 is 0 Å². The minimum Gasteiger partial charge on any atom is -0.452 e. The zero-order chi connectivity index (χ0) is 15.6. The number of aromatic nitrogens is 1. The maximum Gasteiger partial charge on any atom is 0.346 e. The Morgan fingerprint density at radius 3 is 2.52 bits per heavy atom. The topological polar surface area (TPSA) is 98.7 Å². The Morgan fingerprint density at radius 1 is 1.38 bits per heavy atom. The predicted octanol–water partition coefficient (Wildman–Crippen LogP) is 1.51. The number of nitrogen functional groups attached to an aromatic ring is 1. The van der Waals surface area contributed by atoms with Crippen LogP contribution in [0, 0.1) is 6.92 Å². The maximum absolute atomic E-state index is 12.2. The van der Waals surface area contributed by atoms with Crippen molar-refractivity contribution in [1.82, 2.24) is 10.1 Å². The lowest BCUT2D eigenvalue weighted by Gasteiger charge is -2.38. The molecule has 2 rings (SSSR count). The van der Waals surface area contributed by atoms with Crippen molar-refractivity contribution >= 4 is 17.8 Å². The number of amides is 1. The van der Waals surface area contributed by atoms with Gasteiger partial charge in [-0.15, -0.1) is 0 Å². The summed E-state index contributed by atoms with van der Waals surface area (Å²) in [5.41, 5.74) is 5.95. The van der Waals surface area contributed by atoms with Gasteiger partial charge in [0.2, 0.25) is 5.88 Å². The van der Waals surface area contributed by atoms with Crippen LogP contribution in [0.1, 0.15) is 49.2 Å². The molecule has 1 fully saturated rings. The van der Waals surface area contributed by atoms with E-state index < -0.39 is 5.97 Å². The van der Waals surface area contributed by atoms with Gasteiger partial charge in [-0.05, 0) is 40.0 Å². The smallest absolute Gasteiger partial charge is 0.346 e. The van der Waals surface area contributed by atoms with E-state index in [1.165, 1.54) is 0 Å². The highest BCUT2D eigenvalue weighted by Crippen LogP contribution is 2.23.